The van der Waals surface area contributed by atoms with Crippen molar-refractivity contribution < 1.29 is 0 Å². The van der Waals surface area contributed by atoms with E-state index in [-0.39, 0.29) is 0 Å². The van der Waals surface area contributed by atoms with Gasteiger partial charge in [-0.1, -0.05) is 28.1 Å². The highest BCUT2D eigenvalue weighted by Crippen LogP contribution is 2.37. The number of nitrogens with one attached hydrogen (secondary N) is 2. The Morgan fingerprint density at radius 1 is 1.28 bits per heavy atom. The van der Waals surface area contributed by atoms with E-state index in [4.69, 9.17) is 0 Å². The molecule has 1 fully saturated rings. The van der Waals surface area contributed by atoms with E-state index in [9.17, 15) is 0 Å². The molecule has 0 unspecified atom stereocenters. The summed E-state index contributed by atoms with van der Waals surface area (Å²) in [5.41, 5.74) is 2.61. The van der Waals surface area contributed by atoms with E-state index in [0.717, 1.165) is 22.6 Å². The second kappa shape index (κ2) is 5.24. The fourth-order valence-corrected chi connectivity index (χ4v) is 2.69. The zero-order chi connectivity index (χ0) is 12.4. The van der Waals surface area contributed by atoms with Crippen LogP contribution in [0.15, 0.2) is 41.3 Å². The lowest BCUT2D eigenvalue weighted by Crippen LogP contribution is -2.39. The van der Waals surface area contributed by atoms with E-state index in [1.807, 2.05) is 6.20 Å². The van der Waals surface area contributed by atoms with Crippen LogP contribution in [0.25, 0.3) is 0 Å². The van der Waals surface area contributed by atoms with Gasteiger partial charge in [-0.2, -0.15) is 0 Å². The van der Waals surface area contributed by atoms with Crippen LogP contribution >= 0.6 is 15.9 Å². The number of rotatable bonds is 4. The number of aromatic nitrogens is 2. The first-order valence-electron chi connectivity index (χ1n) is 6.27. The summed E-state index contributed by atoms with van der Waals surface area (Å²) < 4.78 is 1.15. The highest BCUT2D eigenvalue weighted by Gasteiger charge is 2.29. The molecule has 1 aliphatic rings. The van der Waals surface area contributed by atoms with Crippen LogP contribution in [0.3, 0.4) is 0 Å². The number of nitrogens with zero attached hydrogens (tertiary/aromatic N) is 1. The van der Waals surface area contributed by atoms with Crippen LogP contribution in [-0.2, 0) is 6.54 Å². The topological polar surface area (TPSA) is 40.7 Å². The van der Waals surface area contributed by atoms with Gasteiger partial charge in [0.15, 0.2) is 0 Å². The summed E-state index contributed by atoms with van der Waals surface area (Å²) >= 11 is 3.47. The normalized spacial score (nSPS) is 22.7. The van der Waals surface area contributed by atoms with Crippen molar-refractivity contribution in [2.24, 2.45) is 0 Å². The van der Waals surface area contributed by atoms with Gasteiger partial charge in [0.05, 0.1) is 6.33 Å². The van der Waals surface area contributed by atoms with Crippen molar-refractivity contribution in [2.45, 2.75) is 31.3 Å². The summed E-state index contributed by atoms with van der Waals surface area (Å²) in [6.07, 6.45) is 6.06. The smallest absolute Gasteiger partial charge is 0.0922 e. The molecule has 1 heterocycles. The van der Waals surface area contributed by atoms with Crippen LogP contribution in [0.5, 0.6) is 0 Å². The second-order valence-electron chi connectivity index (χ2n) is 4.87. The predicted octanol–water partition coefficient (Wildman–Crippen LogP) is 3.21. The van der Waals surface area contributed by atoms with Crippen molar-refractivity contribution >= 4 is 15.9 Å². The van der Waals surface area contributed by atoms with Crippen LogP contribution in [0.2, 0.25) is 0 Å². The second-order valence-corrected chi connectivity index (χ2v) is 5.79. The first-order valence-corrected chi connectivity index (χ1v) is 7.06. The summed E-state index contributed by atoms with van der Waals surface area (Å²) in [5, 5.41) is 3.55. The van der Waals surface area contributed by atoms with Crippen molar-refractivity contribution in [3.8, 4) is 0 Å². The molecule has 18 heavy (non-hydrogen) atoms. The van der Waals surface area contributed by atoms with E-state index in [1.165, 1.54) is 18.4 Å². The Kier molecular flexibility index (Phi) is 3.48. The first kappa shape index (κ1) is 11.9. The maximum absolute atomic E-state index is 4.01. The molecule has 3 rings (SSSR count). The van der Waals surface area contributed by atoms with Gasteiger partial charge in [0.1, 0.15) is 0 Å². The van der Waals surface area contributed by atoms with Gasteiger partial charge in [-0.15, -0.1) is 0 Å². The number of benzene rings is 1. The SMILES string of the molecule is Brc1ccc(C2CC(NCc3cnc[nH]3)C2)cc1. The number of hydrogen-bond donors (Lipinski definition) is 2. The van der Waals surface area contributed by atoms with Crippen LogP contribution in [-0.4, -0.2) is 16.0 Å². The third-order valence-electron chi connectivity index (χ3n) is 3.62. The maximum atomic E-state index is 4.01. The number of aromatic amines is 1. The Morgan fingerprint density at radius 3 is 2.72 bits per heavy atom. The van der Waals surface area contributed by atoms with Gasteiger partial charge in [-0.25, -0.2) is 4.98 Å². The van der Waals surface area contributed by atoms with Gasteiger partial charge in [0.2, 0.25) is 0 Å². The molecule has 0 amide bonds. The fourth-order valence-electron chi connectivity index (χ4n) is 2.43. The Morgan fingerprint density at radius 2 is 2.06 bits per heavy atom. The maximum Gasteiger partial charge on any atom is 0.0922 e. The van der Waals surface area contributed by atoms with Gasteiger partial charge < -0.3 is 10.3 Å². The van der Waals surface area contributed by atoms with Crippen LogP contribution in [0.1, 0.15) is 30.0 Å². The lowest BCUT2D eigenvalue weighted by Gasteiger charge is -2.36. The molecule has 0 atom stereocenters. The third-order valence-corrected chi connectivity index (χ3v) is 4.14. The highest BCUT2D eigenvalue weighted by molar-refractivity contribution is 9.10. The fraction of sp³-hybridized carbons (Fsp3) is 0.357. The predicted molar refractivity (Wildman–Crippen MR) is 75.3 cm³/mol. The van der Waals surface area contributed by atoms with Crippen LogP contribution in [0, 0.1) is 0 Å². The van der Waals surface area contributed by atoms with Crippen molar-refractivity contribution in [3.05, 3.63) is 52.5 Å². The monoisotopic (exact) mass is 305 g/mol. The lowest BCUT2D eigenvalue weighted by atomic mass is 9.76. The van der Waals surface area contributed by atoms with E-state index in [0.29, 0.717) is 6.04 Å². The quantitative estimate of drug-likeness (QED) is 0.910. The van der Waals surface area contributed by atoms with Crippen molar-refractivity contribution in [1.82, 2.24) is 15.3 Å². The van der Waals surface area contributed by atoms with Crippen molar-refractivity contribution in [2.75, 3.05) is 0 Å². The van der Waals surface area contributed by atoms with Gasteiger partial charge in [-0.3, -0.25) is 0 Å². The van der Waals surface area contributed by atoms with Crippen LogP contribution < -0.4 is 5.32 Å². The summed E-state index contributed by atoms with van der Waals surface area (Å²) in [6.45, 7) is 0.887. The van der Waals surface area contributed by atoms with E-state index in [2.05, 4.69) is 55.5 Å². The molecule has 3 nitrogen and oxygen atoms in total. The molecular weight excluding hydrogens is 290 g/mol. The first-order chi connectivity index (χ1) is 8.81. The summed E-state index contributed by atoms with van der Waals surface area (Å²) in [7, 11) is 0. The average Bonchev–Trinajstić information content (AvgIpc) is 2.82. The molecule has 1 aromatic carbocycles. The Balaban J connectivity index is 1.47. The number of hydrogen-bond acceptors (Lipinski definition) is 2. The molecule has 1 aromatic heterocycles. The largest absolute Gasteiger partial charge is 0.347 e. The third kappa shape index (κ3) is 2.65. The molecule has 0 saturated heterocycles. The van der Waals surface area contributed by atoms with Gasteiger partial charge in [0.25, 0.3) is 0 Å². The minimum absolute atomic E-state index is 0.641. The zero-order valence-corrected chi connectivity index (χ0v) is 11.7. The number of imidazole rings is 1. The number of halogens is 1. The summed E-state index contributed by atoms with van der Waals surface area (Å²) in [4.78, 5) is 7.13. The standard InChI is InChI=1S/C14H16BrN3/c15-12-3-1-10(2-4-12)11-5-13(6-11)17-8-14-7-16-9-18-14/h1-4,7,9,11,13,17H,5-6,8H2,(H,16,18). The zero-order valence-electron chi connectivity index (χ0n) is 10.1. The molecule has 0 radical (unpaired) electrons. The van der Waals surface area contributed by atoms with E-state index in [1.54, 1.807) is 6.33 Å². The Labute approximate surface area is 115 Å². The molecule has 0 bridgehead atoms. The summed E-state index contributed by atoms with van der Waals surface area (Å²) in [6, 6.07) is 9.34. The molecule has 2 aromatic rings. The van der Waals surface area contributed by atoms with Crippen molar-refractivity contribution in [3.63, 3.8) is 0 Å². The molecule has 1 aliphatic carbocycles. The molecule has 4 heteroatoms. The molecule has 0 spiro atoms. The van der Waals surface area contributed by atoms with Crippen LogP contribution in [0.4, 0.5) is 0 Å². The molecule has 1 saturated carbocycles. The molecule has 2 N–H and O–H groups in total. The lowest BCUT2D eigenvalue weighted by molar-refractivity contribution is 0.288. The van der Waals surface area contributed by atoms with E-state index >= 15 is 0 Å². The molecular formula is C14H16BrN3. The Bertz CT molecular complexity index is 486. The number of H-pyrrole nitrogens is 1. The summed E-state index contributed by atoms with van der Waals surface area (Å²) in [5.74, 6) is 0.720. The minimum Gasteiger partial charge on any atom is -0.347 e. The highest BCUT2D eigenvalue weighted by atomic mass is 79.9. The van der Waals surface area contributed by atoms with Crippen molar-refractivity contribution in [1.29, 1.82) is 0 Å². The van der Waals surface area contributed by atoms with Gasteiger partial charge in [0, 0.05) is 29.0 Å². The molecule has 0 aliphatic heterocycles. The van der Waals surface area contributed by atoms with Gasteiger partial charge >= 0.3 is 0 Å². The van der Waals surface area contributed by atoms with Gasteiger partial charge in [-0.05, 0) is 36.5 Å². The van der Waals surface area contributed by atoms with E-state index < -0.39 is 0 Å². The minimum atomic E-state index is 0.641. The molecule has 94 valence electrons. The average molecular weight is 306 g/mol. The Hall–Kier alpha value is -1.13.